The quantitative estimate of drug-likeness (QED) is 0.114. The molecule has 3 saturated heterocycles. The summed E-state index contributed by atoms with van der Waals surface area (Å²) in [7, 11) is 4.26. The average molecular weight is 1200 g/mol. The van der Waals surface area contributed by atoms with E-state index < -0.39 is 162 Å². The number of likely N-dealkylation sites (tertiary alicyclic amines) is 1. The van der Waals surface area contributed by atoms with Crippen molar-refractivity contribution in [1.29, 1.82) is 0 Å². The number of hydrogen-bond donors (Lipinski definition) is 3. The van der Waals surface area contributed by atoms with Gasteiger partial charge in [0.05, 0.1) is 25.5 Å². The smallest absolute Gasteiger partial charge is 0.329 e. The number of benzene rings is 1. The molecule has 3 N–H and O–H groups in total. The number of ketones is 1. The van der Waals surface area contributed by atoms with Crippen molar-refractivity contribution >= 4 is 71.0 Å². The van der Waals surface area contributed by atoms with E-state index in [0.717, 1.165) is 13.8 Å². The van der Waals surface area contributed by atoms with Crippen molar-refractivity contribution in [3.05, 3.63) is 29.8 Å². The number of rotatable bonds is 17. The van der Waals surface area contributed by atoms with Gasteiger partial charge in [0.1, 0.15) is 54.2 Å². The van der Waals surface area contributed by atoms with Crippen LogP contribution in [-0.4, -0.2) is 192 Å². The van der Waals surface area contributed by atoms with Gasteiger partial charge in [-0.2, -0.15) is 0 Å². The number of Topliss-reactive ketones (excluding diaryl/α,β-unsaturated/α-hetero) is 1. The molecule has 0 bridgehead atoms. The number of amides is 7. The van der Waals surface area contributed by atoms with Crippen LogP contribution in [0.5, 0.6) is 5.75 Å². The Morgan fingerprint density at radius 2 is 1.45 bits per heavy atom. The van der Waals surface area contributed by atoms with Crippen molar-refractivity contribution in [2.45, 2.75) is 215 Å². The number of nitrogens with one attached hydrogen (secondary N) is 3. The van der Waals surface area contributed by atoms with Crippen molar-refractivity contribution in [2.24, 2.45) is 29.6 Å². The van der Waals surface area contributed by atoms with Gasteiger partial charge < -0.3 is 59.2 Å². The van der Waals surface area contributed by atoms with Crippen LogP contribution >= 0.6 is 0 Å². The Bertz CT molecular complexity index is 2570. The van der Waals surface area contributed by atoms with E-state index in [1.54, 1.807) is 52.0 Å². The van der Waals surface area contributed by atoms with E-state index >= 15 is 19.2 Å². The van der Waals surface area contributed by atoms with E-state index in [1.807, 2.05) is 27.7 Å². The molecule has 0 aliphatic carbocycles. The van der Waals surface area contributed by atoms with E-state index in [4.69, 9.17) is 23.7 Å². The van der Waals surface area contributed by atoms with Crippen LogP contribution in [0.1, 0.15) is 147 Å². The molecule has 24 nitrogen and oxygen atoms in total. The molecule has 0 radical (unpaired) electrons. The molecule has 1 aromatic rings. The SMILES string of the molecule is CC[C@H](C)[C@@H]1NC(=O)[C@@H](NC(=O)[C@@H](CC(C)C)N(C)C(=O)[C@@H]2CCCN2C(=O)[C@H](C)OC(C)=O)[C@H](C)OC(=O)[C@H](Cc2ccc(OC)cc2)N(C)C(=O)[C@@H]2CCCN2C(=O)[C@H](CC(C)C)NC(=O)[C@@H](C)C(=O)[C@H](C(C)C)OC(=O)C[C@@H]1OC(C)=O. The number of nitrogens with zero attached hydrogens (tertiary/aromatic N) is 4. The monoisotopic (exact) mass is 1200 g/mol. The Morgan fingerprint density at radius 3 is 2.01 bits per heavy atom. The highest BCUT2D eigenvalue weighted by Crippen LogP contribution is 2.28. The van der Waals surface area contributed by atoms with E-state index in [1.165, 1.54) is 61.6 Å². The molecular weight excluding hydrogens is 1100 g/mol. The highest BCUT2D eigenvalue weighted by atomic mass is 16.6. The molecule has 0 saturated carbocycles. The number of carbonyl (C=O) groups is 12. The maximum atomic E-state index is 15.3. The first-order valence-corrected chi connectivity index (χ1v) is 29.8. The molecule has 1 aromatic carbocycles. The third kappa shape index (κ3) is 18.9. The molecule has 3 aliphatic heterocycles. The van der Waals surface area contributed by atoms with Gasteiger partial charge in [0, 0.05) is 47.5 Å². The summed E-state index contributed by atoms with van der Waals surface area (Å²) in [5, 5.41) is 8.37. The lowest BCUT2D eigenvalue weighted by molar-refractivity contribution is -0.166. The maximum Gasteiger partial charge on any atom is 0.329 e. The highest BCUT2D eigenvalue weighted by molar-refractivity contribution is 6.05. The zero-order valence-corrected chi connectivity index (χ0v) is 52.6. The van der Waals surface area contributed by atoms with Crippen molar-refractivity contribution in [1.82, 2.24) is 35.6 Å². The molecule has 0 unspecified atom stereocenters. The Morgan fingerprint density at radius 1 is 0.812 bits per heavy atom. The maximum absolute atomic E-state index is 15.3. The highest BCUT2D eigenvalue weighted by Gasteiger charge is 2.46. The van der Waals surface area contributed by atoms with Gasteiger partial charge in [0.2, 0.25) is 35.4 Å². The van der Waals surface area contributed by atoms with Gasteiger partial charge >= 0.3 is 23.9 Å². The summed E-state index contributed by atoms with van der Waals surface area (Å²) in [6.45, 7) is 20.6. The number of carbonyl (C=O) groups excluding carboxylic acids is 12. The van der Waals surface area contributed by atoms with E-state index in [9.17, 15) is 38.4 Å². The molecule has 24 heteroatoms. The largest absolute Gasteiger partial charge is 0.497 e. The first-order chi connectivity index (χ1) is 39.8. The van der Waals surface area contributed by atoms with Crippen LogP contribution < -0.4 is 20.7 Å². The second-order valence-corrected chi connectivity index (χ2v) is 24.1. The van der Waals surface area contributed by atoms with Crippen molar-refractivity contribution in [3.8, 4) is 5.75 Å². The fraction of sp³-hybridized carbons (Fsp3) is 0.705. The number of methoxy groups -OCH3 is 1. The summed E-state index contributed by atoms with van der Waals surface area (Å²) < 4.78 is 28.3. The second kappa shape index (κ2) is 31.8. The molecule has 3 heterocycles. The van der Waals surface area contributed by atoms with Crippen LogP contribution in [-0.2, 0) is 82.9 Å². The number of likely N-dealkylation sites (N-methyl/N-ethyl adjacent to an activating group) is 2. The van der Waals surface area contributed by atoms with E-state index in [0.29, 0.717) is 30.6 Å². The minimum atomic E-state index is -1.82. The van der Waals surface area contributed by atoms with Gasteiger partial charge in [-0.25, -0.2) is 4.79 Å². The lowest BCUT2D eigenvalue weighted by Crippen LogP contribution is -2.62. The topological polar surface area (TPSA) is 300 Å². The fourth-order valence-corrected chi connectivity index (χ4v) is 11.1. The number of hydrogen-bond acceptors (Lipinski definition) is 17. The molecule has 7 amide bonds. The van der Waals surface area contributed by atoms with Crippen LogP contribution in [0.2, 0.25) is 0 Å². The Kier molecular flexibility index (Phi) is 26.4. The van der Waals surface area contributed by atoms with Crippen LogP contribution in [0.4, 0.5) is 0 Å². The zero-order valence-electron chi connectivity index (χ0n) is 52.6. The summed E-state index contributed by atoms with van der Waals surface area (Å²) in [5.41, 5.74) is 0.552. The number of ether oxygens (including phenoxy) is 5. The van der Waals surface area contributed by atoms with Crippen molar-refractivity contribution < 1.29 is 81.2 Å². The average Bonchev–Trinajstić information content (AvgIpc) is 3.38. The molecule has 0 aromatic heterocycles. The summed E-state index contributed by atoms with van der Waals surface area (Å²) in [4.78, 5) is 176. The van der Waals surface area contributed by atoms with E-state index in [-0.39, 0.29) is 57.0 Å². The Balaban J connectivity index is 1.94. The minimum Gasteiger partial charge on any atom is -0.497 e. The molecule has 3 fully saturated rings. The molecular formula is C61H93N7O17. The Hall–Kier alpha value is -7.14. The lowest BCUT2D eigenvalue weighted by atomic mass is 9.91. The summed E-state index contributed by atoms with van der Waals surface area (Å²) in [6.07, 6.45) is -4.94. The molecule has 4 rings (SSSR count). The summed E-state index contributed by atoms with van der Waals surface area (Å²) in [5.74, 6) is -12.2. The van der Waals surface area contributed by atoms with Gasteiger partial charge in [-0.05, 0) is 101 Å². The van der Waals surface area contributed by atoms with Crippen LogP contribution in [0.25, 0.3) is 0 Å². The predicted octanol–water partition coefficient (Wildman–Crippen LogP) is 3.46. The molecule has 0 spiro atoms. The van der Waals surface area contributed by atoms with Gasteiger partial charge in [-0.3, -0.25) is 52.7 Å². The summed E-state index contributed by atoms with van der Waals surface area (Å²) >= 11 is 0. The van der Waals surface area contributed by atoms with E-state index in [2.05, 4.69) is 16.0 Å². The van der Waals surface area contributed by atoms with Gasteiger partial charge in [-0.15, -0.1) is 0 Å². The second-order valence-electron chi connectivity index (χ2n) is 24.1. The Labute approximate surface area is 500 Å². The number of cyclic esters (lactones) is 2. The zero-order chi connectivity index (χ0) is 63.9. The van der Waals surface area contributed by atoms with Crippen LogP contribution in [0, 0.1) is 29.6 Å². The first kappa shape index (κ1) is 70.3. The lowest BCUT2D eigenvalue weighted by Gasteiger charge is -2.37. The third-order valence-electron chi connectivity index (χ3n) is 16.1. The predicted molar refractivity (Wildman–Crippen MR) is 309 cm³/mol. The van der Waals surface area contributed by atoms with Crippen LogP contribution in [0.3, 0.4) is 0 Å². The number of fused-ring (bicyclic) bond motifs is 1. The molecule has 13 atom stereocenters. The first-order valence-electron chi connectivity index (χ1n) is 29.8. The standard InChI is InChI=1S/C61H93N7O17/c1-17-35(8)50-48(84-40(13)70)31-49(71)85-53(34(6)7)52(72)36(9)54(73)62-43(28-32(2)3)58(77)68-27-19-21-45(68)60(79)66(15)47(30-41-22-24-42(81-16)25-23-41)61(80)83-37(10)51(56(75)63-50)64-55(74)46(29-33(4)5)65(14)59(78)44-20-18-26-67(44)57(76)38(11)82-39(12)69/h22-25,32-38,43-48,50-51,53H,17-21,26-31H2,1-16H3,(H,62,73)(H,63,75)(H,64,74)/t35-,36-,37-,38-,43-,44-,45-,46+,47-,48-,50-,51-,53-/m0/s1. The molecule has 3 aliphatic rings. The molecule has 474 valence electrons. The van der Waals surface area contributed by atoms with Crippen LogP contribution in [0.15, 0.2) is 24.3 Å². The van der Waals surface area contributed by atoms with Crippen molar-refractivity contribution in [3.63, 3.8) is 0 Å². The van der Waals surface area contributed by atoms with Gasteiger partial charge in [-0.1, -0.05) is 73.9 Å². The van der Waals surface area contributed by atoms with Gasteiger partial charge in [0.25, 0.3) is 5.91 Å². The fourth-order valence-electron chi connectivity index (χ4n) is 11.1. The molecule has 85 heavy (non-hydrogen) atoms. The summed E-state index contributed by atoms with van der Waals surface area (Å²) in [6, 6.07) is -2.48. The normalized spacial score (nSPS) is 26.4. The van der Waals surface area contributed by atoms with Gasteiger partial charge in [0.15, 0.2) is 18.0 Å². The minimum absolute atomic E-state index is 0.0336. The number of esters is 4. The third-order valence-corrected chi connectivity index (χ3v) is 16.1. The van der Waals surface area contributed by atoms with Crippen molar-refractivity contribution in [2.75, 3.05) is 34.3 Å².